The Kier molecular flexibility index (Phi) is 5.44. The molecule has 0 atom stereocenters. The summed E-state index contributed by atoms with van der Waals surface area (Å²) in [5.74, 6) is 0.530. The van der Waals surface area contributed by atoms with Gasteiger partial charge >= 0.3 is 0 Å². The molecule has 1 heterocycles. The van der Waals surface area contributed by atoms with Crippen molar-refractivity contribution >= 4 is 15.7 Å². The van der Waals surface area contributed by atoms with E-state index in [1.54, 1.807) is 6.07 Å². The number of nitrogens with two attached hydrogens (primary N) is 1. The van der Waals surface area contributed by atoms with Crippen LogP contribution in [0.4, 0.5) is 5.69 Å². The Morgan fingerprint density at radius 1 is 1.29 bits per heavy atom. The Morgan fingerprint density at radius 3 is 2.62 bits per heavy atom. The summed E-state index contributed by atoms with van der Waals surface area (Å²) in [5.41, 5.74) is 6.20. The van der Waals surface area contributed by atoms with Crippen molar-refractivity contribution in [1.82, 2.24) is 9.62 Å². The Balaban J connectivity index is 1.92. The summed E-state index contributed by atoms with van der Waals surface area (Å²) >= 11 is 0. The highest BCUT2D eigenvalue weighted by atomic mass is 32.2. The van der Waals surface area contributed by atoms with Crippen LogP contribution in [0.15, 0.2) is 23.1 Å². The summed E-state index contributed by atoms with van der Waals surface area (Å²) in [6.45, 7) is 3.68. The summed E-state index contributed by atoms with van der Waals surface area (Å²) in [4.78, 5) is 2.52. The molecule has 2 rings (SSSR count). The Morgan fingerprint density at radius 2 is 2.00 bits per heavy atom. The third-order valence-corrected chi connectivity index (χ3v) is 5.09. The number of ether oxygens (including phenoxy) is 1. The van der Waals surface area contributed by atoms with E-state index in [1.165, 1.54) is 38.4 Å². The molecule has 3 N–H and O–H groups in total. The van der Waals surface area contributed by atoms with E-state index >= 15 is 0 Å². The number of benzene rings is 1. The number of hydrogen-bond donors (Lipinski definition) is 2. The lowest BCUT2D eigenvalue weighted by Crippen LogP contribution is -2.33. The van der Waals surface area contributed by atoms with Gasteiger partial charge in [-0.05, 0) is 51.2 Å². The van der Waals surface area contributed by atoms with Gasteiger partial charge in [0.15, 0.2) is 0 Å². The normalized spacial score (nSPS) is 16.8. The second-order valence-corrected chi connectivity index (χ2v) is 7.04. The van der Waals surface area contributed by atoms with Gasteiger partial charge < -0.3 is 10.5 Å². The highest BCUT2D eigenvalue weighted by molar-refractivity contribution is 7.89. The van der Waals surface area contributed by atoms with Crippen LogP contribution in [0.2, 0.25) is 0 Å². The van der Waals surface area contributed by atoms with Crippen LogP contribution in [-0.4, -0.2) is 46.6 Å². The molecule has 0 radical (unpaired) electrons. The molecule has 1 saturated heterocycles. The van der Waals surface area contributed by atoms with Gasteiger partial charge in [-0.3, -0.25) is 4.90 Å². The van der Waals surface area contributed by atoms with Gasteiger partial charge in [-0.25, -0.2) is 13.1 Å². The van der Waals surface area contributed by atoms with Crippen LogP contribution in [0.25, 0.3) is 0 Å². The molecule has 0 bridgehead atoms. The Bertz CT molecular complexity index is 569. The summed E-state index contributed by atoms with van der Waals surface area (Å²) in [6.07, 6.45) is 3.81. The van der Waals surface area contributed by atoms with Crippen molar-refractivity contribution in [2.75, 3.05) is 39.0 Å². The van der Waals surface area contributed by atoms with Crippen molar-refractivity contribution in [3.63, 3.8) is 0 Å². The maximum Gasteiger partial charge on any atom is 0.240 e. The summed E-state index contributed by atoms with van der Waals surface area (Å²) in [5, 5.41) is 0. The van der Waals surface area contributed by atoms with Gasteiger partial charge in [-0.2, -0.15) is 0 Å². The van der Waals surface area contributed by atoms with Crippen LogP contribution < -0.4 is 15.2 Å². The number of sulfonamides is 1. The van der Waals surface area contributed by atoms with Crippen molar-refractivity contribution < 1.29 is 13.2 Å². The quantitative estimate of drug-likeness (QED) is 0.767. The van der Waals surface area contributed by atoms with E-state index in [0.29, 0.717) is 18.0 Å². The van der Waals surface area contributed by atoms with Crippen LogP contribution in [0.1, 0.15) is 19.3 Å². The van der Waals surface area contributed by atoms with Crippen LogP contribution >= 0.6 is 0 Å². The van der Waals surface area contributed by atoms with Crippen molar-refractivity contribution in [2.24, 2.45) is 0 Å². The first-order chi connectivity index (χ1) is 10.0. The minimum Gasteiger partial charge on any atom is -0.490 e. The summed E-state index contributed by atoms with van der Waals surface area (Å²) < 4.78 is 31.3. The molecule has 21 heavy (non-hydrogen) atoms. The first-order valence-electron chi connectivity index (χ1n) is 7.21. The molecule has 0 spiro atoms. The standard InChI is InChI=1S/C14H23N3O3S/c1-16-21(18,19)12-5-6-14(13(15)11-12)20-10-9-17-7-3-2-4-8-17/h5-6,11,16H,2-4,7-10,15H2,1H3. The molecule has 7 heteroatoms. The van der Waals surface area contributed by atoms with Gasteiger partial charge in [-0.1, -0.05) is 6.42 Å². The molecule has 0 saturated carbocycles. The fourth-order valence-corrected chi connectivity index (χ4v) is 3.18. The molecule has 1 aromatic rings. The summed E-state index contributed by atoms with van der Waals surface area (Å²) in [7, 11) is -2.10. The van der Waals surface area contributed by atoms with E-state index in [9.17, 15) is 8.42 Å². The van der Waals surface area contributed by atoms with Crippen molar-refractivity contribution in [3.05, 3.63) is 18.2 Å². The van der Waals surface area contributed by atoms with E-state index in [4.69, 9.17) is 10.5 Å². The predicted molar refractivity (Wildman–Crippen MR) is 82.9 cm³/mol. The highest BCUT2D eigenvalue weighted by Gasteiger charge is 2.14. The molecule has 0 unspecified atom stereocenters. The highest BCUT2D eigenvalue weighted by Crippen LogP contribution is 2.24. The number of piperidine rings is 1. The second-order valence-electron chi connectivity index (χ2n) is 5.16. The van der Waals surface area contributed by atoms with E-state index < -0.39 is 10.0 Å². The van der Waals surface area contributed by atoms with Gasteiger partial charge in [-0.15, -0.1) is 0 Å². The van der Waals surface area contributed by atoms with Gasteiger partial charge in [0, 0.05) is 6.54 Å². The number of nitrogens with zero attached hydrogens (tertiary/aromatic N) is 1. The minimum absolute atomic E-state index is 0.144. The van der Waals surface area contributed by atoms with E-state index in [1.807, 2.05) is 0 Å². The molecule has 0 aromatic heterocycles. The van der Waals surface area contributed by atoms with Crippen molar-refractivity contribution in [3.8, 4) is 5.75 Å². The average molecular weight is 313 g/mol. The zero-order valence-corrected chi connectivity index (χ0v) is 13.2. The van der Waals surface area contributed by atoms with Crippen molar-refractivity contribution in [2.45, 2.75) is 24.2 Å². The number of likely N-dealkylation sites (tertiary alicyclic amines) is 1. The monoisotopic (exact) mass is 313 g/mol. The number of nitrogen functional groups attached to an aromatic ring is 1. The first kappa shape index (κ1) is 16.1. The number of rotatable bonds is 6. The largest absolute Gasteiger partial charge is 0.490 e. The Hall–Kier alpha value is -1.31. The fourth-order valence-electron chi connectivity index (χ4n) is 2.41. The minimum atomic E-state index is -3.47. The predicted octanol–water partition coefficient (Wildman–Crippen LogP) is 1.04. The maximum absolute atomic E-state index is 11.7. The zero-order chi connectivity index (χ0) is 15.3. The Labute approximate surface area is 126 Å². The number of hydrogen-bond acceptors (Lipinski definition) is 5. The van der Waals surface area contributed by atoms with Crippen LogP contribution in [0.5, 0.6) is 5.75 Å². The topological polar surface area (TPSA) is 84.7 Å². The van der Waals surface area contributed by atoms with E-state index in [-0.39, 0.29) is 4.90 Å². The average Bonchev–Trinajstić information content (AvgIpc) is 2.50. The molecule has 0 aliphatic carbocycles. The van der Waals surface area contributed by atoms with Gasteiger partial charge in [0.2, 0.25) is 10.0 Å². The molecule has 1 fully saturated rings. The number of anilines is 1. The lowest BCUT2D eigenvalue weighted by molar-refractivity contribution is 0.184. The molecule has 1 aromatic carbocycles. The van der Waals surface area contributed by atoms with Gasteiger partial charge in [0.1, 0.15) is 12.4 Å². The second kappa shape index (κ2) is 7.11. The van der Waals surface area contributed by atoms with E-state index in [2.05, 4.69) is 9.62 Å². The van der Waals surface area contributed by atoms with Gasteiger partial charge in [0.25, 0.3) is 0 Å². The van der Waals surface area contributed by atoms with E-state index in [0.717, 1.165) is 19.6 Å². The molecule has 6 nitrogen and oxygen atoms in total. The SMILES string of the molecule is CNS(=O)(=O)c1ccc(OCCN2CCCCC2)c(N)c1. The van der Waals surface area contributed by atoms with Crippen LogP contribution in [0.3, 0.4) is 0 Å². The summed E-state index contributed by atoms with van der Waals surface area (Å²) in [6, 6.07) is 4.52. The molecule has 1 aliphatic heterocycles. The van der Waals surface area contributed by atoms with Crippen LogP contribution in [-0.2, 0) is 10.0 Å². The molecular weight excluding hydrogens is 290 g/mol. The molecule has 1 aliphatic rings. The molecule has 0 amide bonds. The molecular formula is C14H23N3O3S. The smallest absolute Gasteiger partial charge is 0.240 e. The third-order valence-electron chi connectivity index (χ3n) is 3.67. The van der Waals surface area contributed by atoms with Crippen molar-refractivity contribution in [1.29, 1.82) is 0 Å². The number of nitrogens with one attached hydrogen (secondary N) is 1. The third kappa shape index (κ3) is 4.33. The zero-order valence-electron chi connectivity index (χ0n) is 12.3. The van der Waals surface area contributed by atoms with Crippen LogP contribution in [0, 0.1) is 0 Å². The lowest BCUT2D eigenvalue weighted by atomic mass is 10.1. The fraction of sp³-hybridized carbons (Fsp3) is 0.571. The lowest BCUT2D eigenvalue weighted by Gasteiger charge is -2.26. The van der Waals surface area contributed by atoms with Gasteiger partial charge in [0.05, 0.1) is 10.6 Å². The molecule has 118 valence electrons. The maximum atomic E-state index is 11.7. The first-order valence-corrected chi connectivity index (χ1v) is 8.69.